The molecule has 0 aromatic carbocycles. The van der Waals surface area contributed by atoms with Crippen molar-refractivity contribution < 1.29 is 9.90 Å². The largest absolute Gasteiger partial charge is 0.465 e. The van der Waals surface area contributed by atoms with Gasteiger partial charge < -0.3 is 10.8 Å². The van der Waals surface area contributed by atoms with E-state index in [-0.39, 0.29) is 0 Å². The highest BCUT2D eigenvalue weighted by atomic mass is 16.4. The van der Waals surface area contributed by atoms with Crippen LogP contribution in [0.5, 0.6) is 0 Å². The summed E-state index contributed by atoms with van der Waals surface area (Å²) in [6, 6.07) is 0. The van der Waals surface area contributed by atoms with Gasteiger partial charge in [0.25, 0.3) is 0 Å². The molecule has 6 heteroatoms. The molecule has 0 saturated heterocycles. The summed E-state index contributed by atoms with van der Waals surface area (Å²) in [5, 5.41) is 7.19. The number of aromatic nitrogens is 3. The van der Waals surface area contributed by atoms with Crippen molar-refractivity contribution in [1.82, 2.24) is 15.0 Å². The quantitative estimate of drug-likeness (QED) is 0.541. The van der Waals surface area contributed by atoms with E-state index in [9.17, 15) is 0 Å². The average molecular weight is 156 g/mol. The number of nitrogens with zero attached hydrogens (tertiary/aromatic N) is 3. The summed E-state index contributed by atoms with van der Waals surface area (Å²) in [7, 11) is 0. The van der Waals surface area contributed by atoms with Crippen molar-refractivity contribution in [3.05, 3.63) is 18.5 Å². The maximum atomic E-state index is 8.78. The number of rotatable bonds is 0. The Morgan fingerprint density at radius 3 is 2.09 bits per heavy atom. The predicted molar refractivity (Wildman–Crippen MR) is 36.8 cm³/mol. The zero-order valence-electron chi connectivity index (χ0n) is 5.93. The van der Waals surface area contributed by atoms with Gasteiger partial charge in [-0.25, -0.2) is 19.7 Å². The Hall–Kier alpha value is -1.72. The molecule has 0 spiro atoms. The van der Waals surface area contributed by atoms with E-state index < -0.39 is 6.09 Å². The maximum Gasteiger partial charge on any atom is 0.402 e. The Morgan fingerprint density at radius 2 is 1.91 bits per heavy atom. The van der Waals surface area contributed by atoms with E-state index in [0.29, 0.717) is 0 Å². The van der Waals surface area contributed by atoms with Crippen molar-refractivity contribution in [3.8, 4) is 0 Å². The summed E-state index contributed by atoms with van der Waals surface area (Å²) < 4.78 is 0. The number of carboxylic acid groups (broad SMARTS) is 1. The number of carbonyl (C=O) groups is 1. The minimum absolute atomic E-state index is 0.759. The van der Waals surface area contributed by atoms with Crippen LogP contribution in [0, 0.1) is 6.92 Å². The molecule has 0 unspecified atom stereocenters. The third kappa shape index (κ3) is 8.28. The first-order valence-corrected chi connectivity index (χ1v) is 2.70. The minimum atomic E-state index is -1.33. The van der Waals surface area contributed by atoms with Gasteiger partial charge in [-0.3, -0.25) is 0 Å². The number of hydrogen-bond donors (Lipinski definition) is 2. The van der Waals surface area contributed by atoms with E-state index in [1.165, 1.54) is 12.7 Å². The van der Waals surface area contributed by atoms with Gasteiger partial charge in [0.1, 0.15) is 18.5 Å². The topological polar surface area (TPSA) is 102 Å². The first kappa shape index (κ1) is 9.28. The van der Waals surface area contributed by atoms with Crippen LogP contribution in [0.2, 0.25) is 0 Å². The summed E-state index contributed by atoms with van der Waals surface area (Å²) in [6.07, 6.45) is 1.62. The van der Waals surface area contributed by atoms with E-state index in [2.05, 4.69) is 20.7 Å². The number of nitrogens with two attached hydrogens (primary N) is 1. The fourth-order valence-corrected chi connectivity index (χ4v) is 0.297. The lowest BCUT2D eigenvalue weighted by Gasteiger charge is -1.80. The van der Waals surface area contributed by atoms with Crippen molar-refractivity contribution >= 4 is 6.09 Å². The van der Waals surface area contributed by atoms with Gasteiger partial charge in [0.15, 0.2) is 0 Å². The fourth-order valence-electron chi connectivity index (χ4n) is 0.297. The maximum absolute atomic E-state index is 8.78. The number of primary amides is 1. The minimum Gasteiger partial charge on any atom is -0.465 e. The van der Waals surface area contributed by atoms with Crippen LogP contribution < -0.4 is 5.73 Å². The lowest BCUT2D eigenvalue weighted by Crippen LogP contribution is -2.03. The second kappa shape index (κ2) is 5.10. The van der Waals surface area contributed by atoms with Gasteiger partial charge in [-0.2, -0.15) is 0 Å². The molecule has 0 bridgehead atoms. The molecule has 1 aromatic rings. The molecular weight excluding hydrogens is 148 g/mol. The zero-order chi connectivity index (χ0) is 8.69. The van der Waals surface area contributed by atoms with Crippen molar-refractivity contribution in [2.24, 2.45) is 5.73 Å². The van der Waals surface area contributed by atoms with Gasteiger partial charge in [0.05, 0.1) is 0 Å². The highest BCUT2D eigenvalue weighted by Crippen LogP contribution is 1.74. The summed E-state index contributed by atoms with van der Waals surface area (Å²) in [5.41, 5.74) is 4.03. The van der Waals surface area contributed by atoms with Crippen LogP contribution in [0.3, 0.4) is 0 Å². The molecule has 0 atom stereocenters. The molecule has 1 amide bonds. The molecule has 1 aromatic heterocycles. The van der Waals surface area contributed by atoms with Gasteiger partial charge in [-0.1, -0.05) is 0 Å². The smallest absolute Gasteiger partial charge is 0.402 e. The van der Waals surface area contributed by atoms with Crippen molar-refractivity contribution in [1.29, 1.82) is 0 Å². The Morgan fingerprint density at radius 1 is 1.55 bits per heavy atom. The van der Waals surface area contributed by atoms with Crippen LogP contribution in [-0.4, -0.2) is 26.2 Å². The molecular formula is C5H8N4O2. The van der Waals surface area contributed by atoms with Crippen LogP contribution in [-0.2, 0) is 0 Å². The summed E-state index contributed by atoms with van der Waals surface area (Å²) >= 11 is 0. The first-order chi connectivity index (χ1) is 5.13. The van der Waals surface area contributed by atoms with E-state index >= 15 is 0 Å². The van der Waals surface area contributed by atoms with Gasteiger partial charge in [-0.15, -0.1) is 0 Å². The molecule has 1 rings (SSSR count). The van der Waals surface area contributed by atoms with Crippen molar-refractivity contribution in [2.45, 2.75) is 6.92 Å². The average Bonchev–Trinajstić information content (AvgIpc) is 1.87. The Kier molecular flexibility index (Phi) is 4.30. The molecule has 0 aliphatic rings. The molecule has 60 valence electrons. The molecule has 0 radical (unpaired) electrons. The third-order valence-electron chi connectivity index (χ3n) is 0.622. The van der Waals surface area contributed by atoms with E-state index in [1.54, 1.807) is 0 Å². The van der Waals surface area contributed by atoms with E-state index in [1.807, 2.05) is 6.92 Å². The summed E-state index contributed by atoms with van der Waals surface area (Å²) in [6.45, 7) is 1.82. The first-order valence-electron chi connectivity index (χ1n) is 2.70. The molecule has 3 N–H and O–H groups in total. The van der Waals surface area contributed by atoms with Crippen LogP contribution in [0.25, 0.3) is 0 Å². The summed E-state index contributed by atoms with van der Waals surface area (Å²) in [5.74, 6) is 0.759. The van der Waals surface area contributed by atoms with Crippen LogP contribution >= 0.6 is 0 Å². The van der Waals surface area contributed by atoms with Crippen molar-refractivity contribution in [2.75, 3.05) is 0 Å². The van der Waals surface area contributed by atoms with Gasteiger partial charge in [0, 0.05) is 0 Å². The van der Waals surface area contributed by atoms with Crippen LogP contribution in [0.4, 0.5) is 4.79 Å². The highest BCUT2D eigenvalue weighted by molar-refractivity contribution is 5.61. The Balaban J connectivity index is 0.000000218. The normalized spacial score (nSPS) is 7.73. The SMILES string of the molecule is Cc1ncncn1.NC(=O)O. The van der Waals surface area contributed by atoms with E-state index in [4.69, 9.17) is 9.90 Å². The molecule has 0 aliphatic carbocycles. The van der Waals surface area contributed by atoms with Gasteiger partial charge in [0.2, 0.25) is 0 Å². The number of aryl methyl sites for hydroxylation is 1. The molecule has 6 nitrogen and oxygen atoms in total. The number of amides is 1. The molecule has 0 saturated carbocycles. The number of hydrogen-bond acceptors (Lipinski definition) is 4. The van der Waals surface area contributed by atoms with Crippen molar-refractivity contribution in [3.63, 3.8) is 0 Å². The highest BCUT2D eigenvalue weighted by Gasteiger charge is 1.75. The molecule has 0 aliphatic heterocycles. The van der Waals surface area contributed by atoms with Crippen LogP contribution in [0.15, 0.2) is 12.7 Å². The second-order valence-electron chi connectivity index (χ2n) is 1.52. The second-order valence-corrected chi connectivity index (χ2v) is 1.52. The third-order valence-corrected chi connectivity index (χ3v) is 0.622. The molecule has 11 heavy (non-hydrogen) atoms. The van der Waals surface area contributed by atoms with Gasteiger partial charge in [-0.05, 0) is 6.92 Å². The molecule has 0 fully saturated rings. The fraction of sp³-hybridized carbons (Fsp3) is 0.200. The summed E-state index contributed by atoms with van der Waals surface area (Å²) in [4.78, 5) is 19.9. The lowest BCUT2D eigenvalue weighted by molar-refractivity contribution is 0.205. The predicted octanol–water partition coefficient (Wildman–Crippen LogP) is -0.197. The zero-order valence-corrected chi connectivity index (χ0v) is 5.93. The van der Waals surface area contributed by atoms with Crippen LogP contribution in [0.1, 0.15) is 5.82 Å². The Bertz CT molecular complexity index is 209. The Labute approximate surface area is 63.1 Å². The monoisotopic (exact) mass is 156 g/mol. The van der Waals surface area contributed by atoms with E-state index in [0.717, 1.165) is 5.82 Å². The molecule has 1 heterocycles. The van der Waals surface area contributed by atoms with Gasteiger partial charge >= 0.3 is 6.09 Å². The standard InChI is InChI=1S/C4H5N3.CH3NO2/c1-4-6-2-5-3-7-4;2-1(3)4/h2-3H,1H3;2H2,(H,3,4). The lowest BCUT2D eigenvalue weighted by atomic mass is 10.7.